The molecule has 2 rings (SSSR count). The Morgan fingerprint density at radius 3 is 2.42 bits per heavy atom. The molecule has 2 aliphatic rings. The Hall–Kier alpha value is -0.650. The maximum absolute atomic E-state index is 11.9. The van der Waals surface area contributed by atoms with Gasteiger partial charge in [-0.25, -0.2) is 5.26 Å². The van der Waals surface area contributed by atoms with Gasteiger partial charge < -0.3 is 0 Å². The molecule has 0 bridgehead atoms. The molecule has 0 fully saturated rings. The van der Waals surface area contributed by atoms with Gasteiger partial charge in [-0.1, -0.05) is 18.9 Å². The fourth-order valence-corrected chi connectivity index (χ4v) is 4.02. The summed E-state index contributed by atoms with van der Waals surface area (Å²) >= 11 is 0. The molecule has 0 atom stereocenters. The molecule has 0 radical (unpaired) electrons. The monoisotopic (exact) mass is 286 g/mol. The van der Waals surface area contributed by atoms with E-state index in [9.17, 15) is 8.42 Å². The van der Waals surface area contributed by atoms with Gasteiger partial charge in [-0.2, -0.15) is 8.42 Å². The quantitative estimate of drug-likeness (QED) is 0.631. The second-order valence-electron chi connectivity index (χ2n) is 5.32. The van der Waals surface area contributed by atoms with E-state index in [-0.39, 0.29) is 0 Å². The molecule has 0 aliphatic heterocycles. The minimum absolute atomic E-state index is 0.306. The lowest BCUT2D eigenvalue weighted by Gasteiger charge is -2.14. The van der Waals surface area contributed by atoms with E-state index in [2.05, 4.69) is 10.4 Å². The predicted octanol–water partition coefficient (Wildman–Crippen LogP) is 3.91. The molecule has 1 N–H and O–H groups in total. The number of allylic oxidation sites excluding steroid dienone is 4. The smallest absolute Gasteiger partial charge is 0.235 e. The van der Waals surface area contributed by atoms with E-state index in [0.29, 0.717) is 11.3 Å². The van der Waals surface area contributed by atoms with Crippen LogP contribution in [0.2, 0.25) is 0 Å². The first-order valence-electron chi connectivity index (χ1n) is 7.14. The number of hydrogen-bond acceptors (Lipinski definition) is 4. The third-order valence-electron chi connectivity index (χ3n) is 4.00. The van der Waals surface area contributed by atoms with E-state index in [0.717, 1.165) is 56.1 Å². The standard InChI is InChI=1S/C14H22O4S/c15-18-19(16,17)14-11-7-3-6-10-13(14)12-8-4-1-2-5-9-12/h8,15H,1-7,9-11H2. The molecule has 0 spiro atoms. The van der Waals surface area contributed by atoms with Gasteiger partial charge in [0, 0.05) is 0 Å². The van der Waals surface area contributed by atoms with Crippen molar-refractivity contribution in [3.8, 4) is 0 Å². The summed E-state index contributed by atoms with van der Waals surface area (Å²) in [5.41, 5.74) is 2.07. The van der Waals surface area contributed by atoms with Crippen LogP contribution in [0.4, 0.5) is 0 Å². The summed E-state index contributed by atoms with van der Waals surface area (Å²) in [5, 5.41) is 8.67. The van der Waals surface area contributed by atoms with Gasteiger partial charge in [0.05, 0.1) is 4.91 Å². The molecule has 0 aromatic rings. The van der Waals surface area contributed by atoms with Gasteiger partial charge in [-0.05, 0) is 62.5 Å². The Labute approximate surface area is 115 Å². The Morgan fingerprint density at radius 1 is 0.947 bits per heavy atom. The molecule has 108 valence electrons. The van der Waals surface area contributed by atoms with Crippen LogP contribution in [-0.4, -0.2) is 13.7 Å². The summed E-state index contributed by atoms with van der Waals surface area (Å²) in [5.74, 6) is 0. The predicted molar refractivity (Wildman–Crippen MR) is 73.9 cm³/mol. The molecule has 4 nitrogen and oxygen atoms in total. The second kappa shape index (κ2) is 6.68. The van der Waals surface area contributed by atoms with E-state index in [1.54, 1.807) is 0 Å². The number of hydrogen-bond donors (Lipinski definition) is 1. The van der Waals surface area contributed by atoms with Crippen LogP contribution >= 0.6 is 0 Å². The first-order chi connectivity index (χ1) is 9.15. The third kappa shape index (κ3) is 3.68. The summed E-state index contributed by atoms with van der Waals surface area (Å²) in [6, 6.07) is 0. The van der Waals surface area contributed by atoms with Crippen molar-refractivity contribution in [3.63, 3.8) is 0 Å². The van der Waals surface area contributed by atoms with Crippen molar-refractivity contribution in [1.82, 2.24) is 0 Å². The van der Waals surface area contributed by atoms with Gasteiger partial charge in [0.15, 0.2) is 0 Å². The van der Waals surface area contributed by atoms with Crippen LogP contribution in [0.15, 0.2) is 22.1 Å². The van der Waals surface area contributed by atoms with Gasteiger partial charge >= 0.3 is 10.1 Å². The van der Waals surface area contributed by atoms with Gasteiger partial charge in [0.1, 0.15) is 0 Å². The normalized spacial score (nSPS) is 22.7. The Kier molecular flexibility index (Phi) is 5.19. The van der Waals surface area contributed by atoms with Crippen LogP contribution in [-0.2, 0) is 14.5 Å². The van der Waals surface area contributed by atoms with Crippen LogP contribution in [0.3, 0.4) is 0 Å². The molecule has 19 heavy (non-hydrogen) atoms. The molecule has 0 aromatic heterocycles. The lowest BCUT2D eigenvalue weighted by molar-refractivity contribution is -0.129. The molecule has 0 amide bonds. The van der Waals surface area contributed by atoms with Crippen LogP contribution in [0.1, 0.15) is 64.2 Å². The van der Waals surface area contributed by atoms with E-state index in [1.807, 2.05) is 0 Å². The maximum atomic E-state index is 11.9. The maximum Gasteiger partial charge on any atom is 0.319 e. The van der Waals surface area contributed by atoms with Crippen LogP contribution in [0.25, 0.3) is 0 Å². The summed E-state index contributed by atoms with van der Waals surface area (Å²) in [6.07, 6.45) is 11.8. The minimum atomic E-state index is -3.96. The highest BCUT2D eigenvalue weighted by atomic mass is 32.2. The lowest BCUT2D eigenvalue weighted by Crippen LogP contribution is -2.10. The highest BCUT2D eigenvalue weighted by molar-refractivity contribution is 7.90. The Bertz CT molecular complexity index is 474. The highest BCUT2D eigenvalue weighted by Crippen LogP contribution is 2.35. The highest BCUT2D eigenvalue weighted by Gasteiger charge is 2.26. The molecule has 2 aliphatic carbocycles. The van der Waals surface area contributed by atoms with Crippen molar-refractivity contribution in [1.29, 1.82) is 0 Å². The van der Waals surface area contributed by atoms with Crippen molar-refractivity contribution >= 4 is 10.1 Å². The third-order valence-corrected chi connectivity index (χ3v) is 5.25. The Balaban J connectivity index is 2.41. The summed E-state index contributed by atoms with van der Waals surface area (Å²) in [4.78, 5) is 0.306. The van der Waals surface area contributed by atoms with Crippen molar-refractivity contribution in [2.24, 2.45) is 0 Å². The lowest BCUT2D eigenvalue weighted by atomic mass is 9.97. The minimum Gasteiger partial charge on any atom is -0.235 e. The largest absolute Gasteiger partial charge is 0.319 e. The second-order valence-corrected chi connectivity index (χ2v) is 6.87. The van der Waals surface area contributed by atoms with Gasteiger partial charge in [-0.3, -0.25) is 0 Å². The SMILES string of the molecule is O=S(=O)(OO)C1=C(C2=CCCCCC2)CCCCC1. The van der Waals surface area contributed by atoms with Crippen molar-refractivity contribution in [3.05, 3.63) is 22.1 Å². The topological polar surface area (TPSA) is 63.6 Å². The van der Waals surface area contributed by atoms with Crippen LogP contribution in [0.5, 0.6) is 0 Å². The molecule has 0 saturated carbocycles. The fraction of sp³-hybridized carbons (Fsp3) is 0.714. The van der Waals surface area contributed by atoms with E-state index in [4.69, 9.17) is 5.26 Å². The number of rotatable bonds is 3. The van der Waals surface area contributed by atoms with Crippen LogP contribution < -0.4 is 0 Å². The van der Waals surface area contributed by atoms with Gasteiger partial charge in [0.2, 0.25) is 0 Å². The molecule has 0 saturated heterocycles. The van der Waals surface area contributed by atoms with Crippen LogP contribution in [0, 0.1) is 0 Å². The zero-order valence-corrected chi connectivity index (χ0v) is 12.0. The van der Waals surface area contributed by atoms with E-state index < -0.39 is 10.1 Å². The van der Waals surface area contributed by atoms with E-state index in [1.165, 1.54) is 12.8 Å². The fourth-order valence-electron chi connectivity index (χ4n) is 3.00. The first-order valence-corrected chi connectivity index (χ1v) is 8.55. The van der Waals surface area contributed by atoms with Gasteiger partial charge in [-0.15, -0.1) is 4.33 Å². The molecule has 0 unspecified atom stereocenters. The Morgan fingerprint density at radius 2 is 1.63 bits per heavy atom. The van der Waals surface area contributed by atoms with Crippen molar-refractivity contribution in [2.75, 3.05) is 0 Å². The van der Waals surface area contributed by atoms with Crippen molar-refractivity contribution < 1.29 is 18.0 Å². The molecule has 0 heterocycles. The summed E-state index contributed by atoms with van der Waals surface area (Å²) in [7, 11) is -3.96. The first kappa shape index (κ1) is 14.8. The summed E-state index contributed by atoms with van der Waals surface area (Å²) < 4.78 is 27.5. The molecular formula is C14H22O4S. The average molecular weight is 286 g/mol. The molecular weight excluding hydrogens is 264 g/mol. The molecule has 5 heteroatoms. The zero-order chi connectivity index (χ0) is 13.7. The average Bonchev–Trinajstić information content (AvgIpc) is 2.81. The van der Waals surface area contributed by atoms with Crippen molar-refractivity contribution in [2.45, 2.75) is 64.2 Å². The molecule has 0 aromatic carbocycles. The van der Waals surface area contributed by atoms with E-state index >= 15 is 0 Å². The zero-order valence-electron chi connectivity index (χ0n) is 11.2. The van der Waals surface area contributed by atoms with Gasteiger partial charge in [0.25, 0.3) is 0 Å². The summed E-state index contributed by atoms with van der Waals surface area (Å²) in [6.45, 7) is 0.